The summed E-state index contributed by atoms with van der Waals surface area (Å²) in [5, 5.41) is 23.2. The van der Waals surface area contributed by atoms with E-state index in [-0.39, 0.29) is 18.5 Å². The van der Waals surface area contributed by atoms with Crippen molar-refractivity contribution < 1.29 is 24.5 Å². The molecule has 0 aromatic rings. The summed E-state index contributed by atoms with van der Waals surface area (Å²) in [7, 11) is 0. The van der Waals surface area contributed by atoms with E-state index in [1.165, 1.54) is 270 Å². The minimum atomic E-state index is -0.853. The van der Waals surface area contributed by atoms with Crippen molar-refractivity contribution in [1.82, 2.24) is 5.32 Å². The second-order valence-electron chi connectivity index (χ2n) is 22.1. The third kappa shape index (κ3) is 57.5. The molecular weight excluding hydrogens is 875 g/mol. The highest BCUT2D eigenvalue weighted by atomic mass is 16.5. The molecule has 0 spiro atoms. The molecule has 420 valence electrons. The van der Waals surface area contributed by atoms with Crippen molar-refractivity contribution in [1.29, 1.82) is 0 Å². The van der Waals surface area contributed by atoms with Gasteiger partial charge in [-0.05, 0) is 57.8 Å². The van der Waals surface area contributed by atoms with E-state index in [0.29, 0.717) is 19.4 Å². The zero-order valence-corrected chi connectivity index (χ0v) is 48.0. The number of unbranched alkanes of at least 4 members (excludes halogenated alkanes) is 47. The molecule has 2 unspecified atom stereocenters. The molecule has 71 heavy (non-hydrogen) atoms. The molecule has 6 heteroatoms. The zero-order valence-electron chi connectivity index (χ0n) is 48.0. The molecule has 0 aliphatic rings. The highest BCUT2D eigenvalue weighted by molar-refractivity contribution is 5.76. The highest BCUT2D eigenvalue weighted by Crippen LogP contribution is 2.18. The standard InChI is InChI=1S/C65H125NO5/c1-3-5-7-9-11-13-15-17-19-21-25-29-33-37-41-45-49-53-57-63(68)62(61-67)66-64(69)58-54-50-46-42-38-34-30-26-23-24-28-32-36-40-44-48-52-56-60-71-65(70)59-55-51-47-43-39-35-31-27-22-20-18-16-14-12-10-8-6-4-2/h26,30,53,57,62-63,67-68H,3-25,27-29,31-52,54-56,58-61H2,1-2H3,(H,66,69)/b30-26-,57-53+. The Bertz CT molecular complexity index is 1110. The van der Waals surface area contributed by atoms with Gasteiger partial charge in [-0.15, -0.1) is 0 Å². The summed E-state index contributed by atoms with van der Waals surface area (Å²) in [6, 6.07) is -0.638. The maximum Gasteiger partial charge on any atom is 0.305 e. The van der Waals surface area contributed by atoms with Crippen LogP contribution in [0.2, 0.25) is 0 Å². The molecule has 0 aromatic carbocycles. The highest BCUT2D eigenvalue weighted by Gasteiger charge is 2.18. The van der Waals surface area contributed by atoms with Crippen LogP contribution in [0.15, 0.2) is 24.3 Å². The summed E-state index contributed by atoms with van der Waals surface area (Å²) in [5.74, 6) is -0.0725. The predicted octanol–water partition coefficient (Wildman–Crippen LogP) is 20.2. The predicted molar refractivity (Wildman–Crippen MR) is 310 cm³/mol. The van der Waals surface area contributed by atoms with Crippen LogP contribution in [-0.2, 0) is 14.3 Å². The first-order chi connectivity index (χ1) is 35.0. The average molecular weight is 1000 g/mol. The molecule has 1 amide bonds. The lowest BCUT2D eigenvalue weighted by molar-refractivity contribution is -0.143. The maximum atomic E-state index is 12.5. The summed E-state index contributed by atoms with van der Waals surface area (Å²) in [6.07, 6.45) is 75.1. The smallest absolute Gasteiger partial charge is 0.305 e. The van der Waals surface area contributed by atoms with E-state index in [1.807, 2.05) is 6.08 Å². The minimum Gasteiger partial charge on any atom is -0.466 e. The Balaban J connectivity index is 3.45. The number of ether oxygens (including phenoxy) is 1. The summed E-state index contributed by atoms with van der Waals surface area (Å²) in [4.78, 5) is 24.6. The van der Waals surface area contributed by atoms with Crippen molar-refractivity contribution in [2.24, 2.45) is 0 Å². The summed E-state index contributed by atoms with van der Waals surface area (Å²) >= 11 is 0. The fourth-order valence-corrected chi connectivity index (χ4v) is 10.0. The van der Waals surface area contributed by atoms with Gasteiger partial charge in [0, 0.05) is 12.8 Å². The Hall–Kier alpha value is -1.66. The van der Waals surface area contributed by atoms with Gasteiger partial charge < -0.3 is 20.3 Å². The van der Waals surface area contributed by atoms with Crippen molar-refractivity contribution in [2.45, 2.75) is 366 Å². The monoisotopic (exact) mass is 1000 g/mol. The number of amides is 1. The minimum absolute atomic E-state index is 0.00707. The van der Waals surface area contributed by atoms with Crippen LogP contribution in [0.1, 0.15) is 354 Å². The van der Waals surface area contributed by atoms with Crippen LogP contribution in [0.3, 0.4) is 0 Å². The van der Waals surface area contributed by atoms with Crippen LogP contribution in [0, 0.1) is 0 Å². The van der Waals surface area contributed by atoms with Crippen LogP contribution in [0.5, 0.6) is 0 Å². The average Bonchev–Trinajstić information content (AvgIpc) is 3.37. The molecule has 0 aliphatic carbocycles. The number of aliphatic hydroxyl groups is 2. The second kappa shape index (κ2) is 60.9. The normalized spacial score (nSPS) is 12.7. The number of nitrogens with one attached hydrogen (secondary N) is 1. The molecular formula is C65H125NO5. The molecule has 0 aromatic heterocycles. The fourth-order valence-electron chi connectivity index (χ4n) is 10.0. The molecule has 0 bridgehead atoms. The largest absolute Gasteiger partial charge is 0.466 e. The van der Waals surface area contributed by atoms with Gasteiger partial charge in [-0.2, -0.15) is 0 Å². The summed E-state index contributed by atoms with van der Waals surface area (Å²) in [5.41, 5.74) is 0. The molecule has 6 nitrogen and oxygen atoms in total. The van der Waals surface area contributed by atoms with E-state index in [1.54, 1.807) is 6.08 Å². The van der Waals surface area contributed by atoms with Gasteiger partial charge in [0.15, 0.2) is 0 Å². The molecule has 3 N–H and O–H groups in total. The van der Waals surface area contributed by atoms with E-state index in [4.69, 9.17) is 4.74 Å². The number of hydrogen-bond acceptors (Lipinski definition) is 5. The lowest BCUT2D eigenvalue weighted by Crippen LogP contribution is -2.45. The van der Waals surface area contributed by atoms with Crippen LogP contribution >= 0.6 is 0 Å². The van der Waals surface area contributed by atoms with Crippen LogP contribution < -0.4 is 5.32 Å². The van der Waals surface area contributed by atoms with Crippen molar-refractivity contribution in [3.05, 3.63) is 24.3 Å². The van der Waals surface area contributed by atoms with Gasteiger partial charge in [0.05, 0.1) is 25.4 Å². The van der Waals surface area contributed by atoms with Crippen molar-refractivity contribution in [3.63, 3.8) is 0 Å². The summed E-state index contributed by atoms with van der Waals surface area (Å²) < 4.78 is 5.50. The van der Waals surface area contributed by atoms with Gasteiger partial charge in [-0.25, -0.2) is 0 Å². The molecule has 0 saturated heterocycles. The third-order valence-corrected chi connectivity index (χ3v) is 15.0. The quantitative estimate of drug-likeness (QED) is 0.0320. The molecule has 0 rings (SSSR count). The van der Waals surface area contributed by atoms with E-state index < -0.39 is 12.1 Å². The van der Waals surface area contributed by atoms with E-state index in [9.17, 15) is 19.8 Å². The van der Waals surface area contributed by atoms with E-state index in [0.717, 1.165) is 57.8 Å². The van der Waals surface area contributed by atoms with Gasteiger partial charge >= 0.3 is 5.97 Å². The molecule has 0 heterocycles. The number of carbonyl (C=O) groups is 2. The SMILES string of the molecule is CCCCCCCCCCCCCCCCCC/C=C/C(O)C(CO)NC(=O)CCCCCCC/C=C\CCCCCCCCCCCOC(=O)CCCCCCCCCCCCCCCCCCCC. The Morgan fingerprint density at radius 3 is 1.00 bits per heavy atom. The first-order valence-corrected chi connectivity index (χ1v) is 32.1. The molecule has 2 atom stereocenters. The van der Waals surface area contributed by atoms with Crippen LogP contribution in [-0.4, -0.2) is 47.4 Å². The molecule has 0 radical (unpaired) electrons. The first kappa shape index (κ1) is 69.3. The van der Waals surface area contributed by atoms with Crippen molar-refractivity contribution in [2.75, 3.05) is 13.2 Å². The van der Waals surface area contributed by atoms with Gasteiger partial charge in [0.2, 0.25) is 5.91 Å². The van der Waals surface area contributed by atoms with E-state index in [2.05, 4.69) is 31.3 Å². The first-order valence-electron chi connectivity index (χ1n) is 32.1. The Labute approximate surface area is 443 Å². The van der Waals surface area contributed by atoms with Crippen molar-refractivity contribution >= 4 is 11.9 Å². The van der Waals surface area contributed by atoms with Gasteiger partial charge in [0.1, 0.15) is 0 Å². The Kier molecular flexibility index (Phi) is 59.5. The number of rotatable bonds is 60. The lowest BCUT2D eigenvalue weighted by Gasteiger charge is -2.20. The molecule has 0 fully saturated rings. The lowest BCUT2D eigenvalue weighted by atomic mass is 10.0. The number of hydrogen-bond donors (Lipinski definition) is 3. The van der Waals surface area contributed by atoms with Crippen molar-refractivity contribution in [3.8, 4) is 0 Å². The molecule has 0 aliphatic heterocycles. The zero-order chi connectivity index (χ0) is 51.4. The number of esters is 1. The summed E-state index contributed by atoms with van der Waals surface area (Å²) in [6.45, 7) is 4.92. The topological polar surface area (TPSA) is 95.9 Å². The van der Waals surface area contributed by atoms with Crippen LogP contribution in [0.25, 0.3) is 0 Å². The van der Waals surface area contributed by atoms with E-state index >= 15 is 0 Å². The fraction of sp³-hybridized carbons (Fsp3) is 0.908. The number of carbonyl (C=O) groups excluding carboxylic acids is 2. The molecule has 0 saturated carbocycles. The number of aliphatic hydroxyl groups excluding tert-OH is 2. The Morgan fingerprint density at radius 1 is 0.380 bits per heavy atom. The third-order valence-electron chi connectivity index (χ3n) is 15.0. The Morgan fingerprint density at radius 2 is 0.662 bits per heavy atom. The van der Waals surface area contributed by atoms with Gasteiger partial charge in [-0.3, -0.25) is 9.59 Å². The second-order valence-corrected chi connectivity index (χ2v) is 22.1. The van der Waals surface area contributed by atoms with Gasteiger partial charge in [-0.1, -0.05) is 308 Å². The maximum absolute atomic E-state index is 12.5. The number of allylic oxidation sites excluding steroid dienone is 3. The van der Waals surface area contributed by atoms with Gasteiger partial charge in [0.25, 0.3) is 0 Å². The van der Waals surface area contributed by atoms with Crippen LogP contribution in [0.4, 0.5) is 0 Å².